The molecule has 0 saturated heterocycles. The molecule has 0 N–H and O–H groups in total. The summed E-state index contributed by atoms with van der Waals surface area (Å²) in [6.45, 7) is 0. The summed E-state index contributed by atoms with van der Waals surface area (Å²) in [5.41, 5.74) is 11.6. The molecule has 0 aliphatic carbocycles. The number of aromatic nitrogens is 2. The van der Waals surface area contributed by atoms with E-state index in [1.807, 2.05) is 0 Å². The minimum absolute atomic E-state index is 0.874. The number of benzene rings is 9. The summed E-state index contributed by atoms with van der Waals surface area (Å²) in [4.78, 5) is 0. The van der Waals surface area contributed by atoms with Gasteiger partial charge in [0.05, 0.1) is 27.8 Å². The molecule has 3 heteroatoms. The highest BCUT2D eigenvalue weighted by Gasteiger charge is 2.25. The van der Waals surface area contributed by atoms with Crippen molar-refractivity contribution in [2.75, 3.05) is 0 Å². The van der Waals surface area contributed by atoms with Crippen LogP contribution in [-0.2, 0) is 0 Å². The molecule has 3 nitrogen and oxygen atoms in total. The molecule has 0 atom stereocenters. The predicted octanol–water partition coefficient (Wildman–Crippen LogP) is 13.6. The van der Waals surface area contributed by atoms with Crippen LogP contribution >= 0.6 is 0 Å². The highest BCUT2D eigenvalue weighted by atomic mass is 16.5. The Morgan fingerprint density at radius 1 is 0.340 bits per heavy atom. The van der Waals surface area contributed by atoms with Crippen molar-refractivity contribution in [1.82, 2.24) is 9.13 Å². The molecule has 9 aromatic carbocycles. The van der Waals surface area contributed by atoms with Gasteiger partial charge in [0.15, 0.2) is 0 Å². The zero-order chi connectivity index (χ0) is 34.6. The molecule has 0 bridgehead atoms. The molecule has 0 saturated carbocycles. The normalized spacial score (nSPS) is 12.3. The lowest BCUT2D eigenvalue weighted by molar-refractivity contribution is 0.488. The van der Waals surface area contributed by atoms with Gasteiger partial charge >= 0.3 is 0 Å². The van der Waals surface area contributed by atoms with Gasteiger partial charge in [-0.1, -0.05) is 127 Å². The Morgan fingerprint density at radius 2 is 1.00 bits per heavy atom. The van der Waals surface area contributed by atoms with Crippen molar-refractivity contribution in [2.24, 2.45) is 0 Å². The van der Waals surface area contributed by atoms with E-state index in [0.29, 0.717) is 0 Å². The van der Waals surface area contributed by atoms with E-state index < -0.39 is 0 Å². The molecule has 0 spiro atoms. The zero-order valence-electron chi connectivity index (χ0n) is 28.6. The predicted molar refractivity (Wildman–Crippen MR) is 221 cm³/mol. The van der Waals surface area contributed by atoms with Crippen LogP contribution in [0.25, 0.3) is 98.8 Å². The summed E-state index contributed by atoms with van der Waals surface area (Å²) < 4.78 is 11.8. The Bertz CT molecular complexity index is 3310. The highest BCUT2D eigenvalue weighted by Crippen LogP contribution is 2.51. The number of para-hydroxylation sites is 3. The van der Waals surface area contributed by atoms with Crippen LogP contribution in [0.4, 0.5) is 0 Å². The Hall–Kier alpha value is -7.10. The number of nitrogens with zero attached hydrogens (tertiary/aromatic N) is 2. The van der Waals surface area contributed by atoms with Crippen LogP contribution in [0.1, 0.15) is 0 Å². The monoisotopic (exact) mass is 674 g/mol. The molecular formula is C50H30N2O. The fourth-order valence-corrected chi connectivity index (χ4v) is 9.00. The largest absolute Gasteiger partial charge is 0.456 e. The average molecular weight is 675 g/mol. The van der Waals surface area contributed by atoms with E-state index in [2.05, 4.69) is 191 Å². The maximum atomic E-state index is 6.96. The van der Waals surface area contributed by atoms with Crippen molar-refractivity contribution < 1.29 is 4.74 Å². The Balaban J connectivity index is 1.06. The molecule has 0 amide bonds. The molecule has 0 fully saturated rings. The summed E-state index contributed by atoms with van der Waals surface area (Å²) in [6.07, 6.45) is 0. The highest BCUT2D eigenvalue weighted by molar-refractivity contribution is 6.25. The van der Waals surface area contributed by atoms with E-state index in [1.165, 1.54) is 65.5 Å². The van der Waals surface area contributed by atoms with E-state index in [0.717, 1.165) is 44.8 Å². The molecular weight excluding hydrogens is 645 g/mol. The maximum absolute atomic E-state index is 6.96. The number of fused-ring (bicyclic) bond motifs is 10. The third-order valence-electron chi connectivity index (χ3n) is 11.3. The zero-order valence-corrected chi connectivity index (χ0v) is 28.6. The van der Waals surface area contributed by atoms with Gasteiger partial charge in [0.2, 0.25) is 0 Å². The standard InChI is InChI=1S/C50H30N2O/c1-2-14-34(15-3-1)51-44-22-9-7-18-40(44)49-41-20-11-19-39-38-27-25-33(29-47(38)53-48(50(39)41)30-46(49)51)32-24-26-37-36-17-6-8-21-43(36)52(45(37)28-32)42-23-10-13-31-12-4-5-16-35(31)42/h1-30H. The van der Waals surface area contributed by atoms with Gasteiger partial charge in [-0.25, -0.2) is 0 Å². The molecule has 1 aliphatic rings. The molecule has 3 heterocycles. The topological polar surface area (TPSA) is 19.1 Å². The first-order chi connectivity index (χ1) is 26.3. The molecule has 53 heavy (non-hydrogen) atoms. The molecule has 0 unspecified atom stereocenters. The summed E-state index contributed by atoms with van der Waals surface area (Å²) in [6, 6.07) is 65.9. The number of hydrogen-bond donors (Lipinski definition) is 0. The van der Waals surface area contributed by atoms with Crippen LogP contribution in [0.15, 0.2) is 182 Å². The van der Waals surface area contributed by atoms with Crippen LogP contribution < -0.4 is 4.74 Å². The third-order valence-corrected chi connectivity index (χ3v) is 11.3. The van der Waals surface area contributed by atoms with E-state index >= 15 is 0 Å². The van der Waals surface area contributed by atoms with Crippen LogP contribution in [0.3, 0.4) is 0 Å². The fraction of sp³-hybridized carbons (Fsp3) is 0. The van der Waals surface area contributed by atoms with Crippen molar-refractivity contribution in [1.29, 1.82) is 0 Å². The molecule has 0 radical (unpaired) electrons. The maximum Gasteiger partial charge on any atom is 0.138 e. The molecule has 2 aromatic heterocycles. The van der Waals surface area contributed by atoms with Gasteiger partial charge in [0.25, 0.3) is 0 Å². The lowest BCUT2D eigenvalue weighted by Gasteiger charge is -2.23. The summed E-state index contributed by atoms with van der Waals surface area (Å²) in [5.74, 6) is 1.76. The molecule has 11 aromatic rings. The van der Waals surface area contributed by atoms with Crippen LogP contribution in [0.2, 0.25) is 0 Å². The summed E-state index contributed by atoms with van der Waals surface area (Å²) in [5, 5.41) is 9.83. The second-order valence-corrected chi connectivity index (χ2v) is 14.1. The third kappa shape index (κ3) is 3.99. The van der Waals surface area contributed by atoms with E-state index in [1.54, 1.807) is 0 Å². The van der Waals surface area contributed by atoms with Gasteiger partial charge in [-0.05, 0) is 76.0 Å². The van der Waals surface area contributed by atoms with Crippen molar-refractivity contribution in [3.8, 4) is 45.1 Å². The van der Waals surface area contributed by atoms with Gasteiger partial charge < -0.3 is 13.9 Å². The number of rotatable bonds is 3. The quantitative estimate of drug-likeness (QED) is 0.183. The number of hydrogen-bond acceptors (Lipinski definition) is 1. The fourth-order valence-electron chi connectivity index (χ4n) is 9.00. The lowest BCUT2D eigenvalue weighted by atomic mass is 9.91. The van der Waals surface area contributed by atoms with E-state index in [4.69, 9.17) is 4.74 Å². The van der Waals surface area contributed by atoms with Gasteiger partial charge in [-0.15, -0.1) is 0 Å². The average Bonchev–Trinajstić information content (AvgIpc) is 3.73. The smallest absolute Gasteiger partial charge is 0.138 e. The minimum atomic E-state index is 0.874. The summed E-state index contributed by atoms with van der Waals surface area (Å²) >= 11 is 0. The SMILES string of the molecule is c1ccc(-n2c3ccccc3c3c4cccc5c4c(cc32)Oc2cc(-c3ccc4c6ccccc6n(-c6cccc7ccccc67)c4c3)ccc2-5)cc1. The molecule has 12 rings (SSSR count). The second-order valence-electron chi connectivity index (χ2n) is 14.1. The van der Waals surface area contributed by atoms with Gasteiger partial charge in [-0.2, -0.15) is 0 Å². The van der Waals surface area contributed by atoms with E-state index in [-0.39, 0.29) is 0 Å². The van der Waals surface area contributed by atoms with Crippen molar-refractivity contribution in [3.05, 3.63) is 182 Å². The first-order valence-corrected chi connectivity index (χ1v) is 18.2. The molecule has 246 valence electrons. The Labute approximate surface area is 305 Å². The van der Waals surface area contributed by atoms with E-state index in [9.17, 15) is 0 Å². The molecule has 1 aliphatic heterocycles. The van der Waals surface area contributed by atoms with Crippen molar-refractivity contribution in [2.45, 2.75) is 0 Å². The minimum Gasteiger partial charge on any atom is -0.456 e. The van der Waals surface area contributed by atoms with Crippen molar-refractivity contribution in [3.63, 3.8) is 0 Å². The van der Waals surface area contributed by atoms with Crippen molar-refractivity contribution >= 4 is 65.2 Å². The summed E-state index contributed by atoms with van der Waals surface area (Å²) in [7, 11) is 0. The Kier molecular flexibility index (Phi) is 5.77. The second kappa shape index (κ2) is 10.7. The van der Waals surface area contributed by atoms with Gasteiger partial charge in [0, 0.05) is 49.6 Å². The van der Waals surface area contributed by atoms with Crippen LogP contribution in [0, 0.1) is 0 Å². The van der Waals surface area contributed by atoms with Gasteiger partial charge in [0.1, 0.15) is 11.5 Å². The van der Waals surface area contributed by atoms with Crippen LogP contribution in [0.5, 0.6) is 11.5 Å². The van der Waals surface area contributed by atoms with Gasteiger partial charge in [-0.3, -0.25) is 0 Å². The lowest BCUT2D eigenvalue weighted by Crippen LogP contribution is -1.99. The first-order valence-electron chi connectivity index (χ1n) is 18.2. The van der Waals surface area contributed by atoms with Crippen LogP contribution in [-0.4, -0.2) is 9.13 Å². The Morgan fingerprint density at radius 3 is 1.89 bits per heavy atom. The first kappa shape index (κ1) is 28.6. The number of ether oxygens (including phenoxy) is 1.